The molecule has 48 heavy (non-hydrogen) atoms. The Kier molecular flexibility index (Phi) is 10.7. The molecule has 1 saturated heterocycles. The first kappa shape index (κ1) is 34.0. The van der Waals surface area contributed by atoms with Crippen molar-refractivity contribution >= 4 is 34.9 Å². The second-order valence-corrected chi connectivity index (χ2v) is 11.6. The Morgan fingerprint density at radius 1 is 1.17 bits per heavy atom. The molecule has 0 radical (unpaired) electrons. The summed E-state index contributed by atoms with van der Waals surface area (Å²) in [7, 11) is 1.27. The molecule has 2 aromatic heterocycles. The Morgan fingerprint density at radius 2 is 1.98 bits per heavy atom. The van der Waals surface area contributed by atoms with Crippen LogP contribution in [0.15, 0.2) is 53.9 Å². The number of methoxy groups -OCH3 is 1. The Morgan fingerprint density at radius 3 is 2.73 bits per heavy atom. The highest BCUT2D eigenvalue weighted by atomic mass is 19.2. The fourth-order valence-electron chi connectivity index (χ4n) is 5.85. The lowest BCUT2D eigenvalue weighted by Crippen LogP contribution is -2.53. The highest BCUT2D eigenvalue weighted by molar-refractivity contribution is 5.96. The second kappa shape index (κ2) is 15.1. The number of aromatic nitrogens is 3. The molecule has 5 rings (SSSR count). The molecule has 0 spiro atoms. The van der Waals surface area contributed by atoms with Gasteiger partial charge in [-0.25, -0.2) is 14.4 Å². The molecule has 8 N–H and O–H groups in total. The summed E-state index contributed by atoms with van der Waals surface area (Å²) in [6.07, 6.45) is 7.69. The molecule has 15 heteroatoms. The molecule has 2 amide bonds. The van der Waals surface area contributed by atoms with Gasteiger partial charge in [0, 0.05) is 54.9 Å². The molecule has 13 nitrogen and oxygen atoms in total. The van der Waals surface area contributed by atoms with Gasteiger partial charge < -0.3 is 37.5 Å². The van der Waals surface area contributed by atoms with Gasteiger partial charge >= 0.3 is 0 Å². The lowest BCUT2D eigenvalue weighted by atomic mass is 10.0. The van der Waals surface area contributed by atoms with Crippen LogP contribution in [0.1, 0.15) is 48.5 Å². The van der Waals surface area contributed by atoms with Gasteiger partial charge in [-0.2, -0.15) is 4.39 Å². The molecule has 0 bridgehead atoms. The van der Waals surface area contributed by atoms with E-state index in [1.807, 2.05) is 13.0 Å². The summed E-state index contributed by atoms with van der Waals surface area (Å²) in [5.74, 6) is -2.32. The lowest BCUT2D eigenvalue weighted by Gasteiger charge is -2.34. The molecule has 2 atom stereocenters. The Bertz CT molecular complexity index is 1820. The summed E-state index contributed by atoms with van der Waals surface area (Å²) < 4.78 is 35.8. The first-order chi connectivity index (χ1) is 23.1. The second-order valence-electron chi connectivity index (χ2n) is 11.6. The molecule has 0 aliphatic carbocycles. The van der Waals surface area contributed by atoms with Gasteiger partial charge in [0.15, 0.2) is 29.0 Å². The number of aliphatic imine (C=N–C) groups is 1. The fourth-order valence-corrected chi connectivity index (χ4v) is 5.85. The van der Waals surface area contributed by atoms with Crippen molar-refractivity contribution in [3.8, 4) is 17.0 Å². The minimum atomic E-state index is -1.08. The molecule has 254 valence electrons. The van der Waals surface area contributed by atoms with Crippen LogP contribution in [-0.2, 0) is 11.2 Å². The maximum Gasteiger partial charge on any atom is 0.251 e. The molecule has 2 aromatic carbocycles. The summed E-state index contributed by atoms with van der Waals surface area (Å²) in [4.78, 5) is 40.9. The van der Waals surface area contributed by atoms with Crippen molar-refractivity contribution in [2.24, 2.45) is 22.2 Å². The highest BCUT2D eigenvalue weighted by Gasteiger charge is 2.28. The standard InChI is InChI=1S/C33H40F2N10O3/c1-3-19-16-20(42-29-30-41-17-25(45(30)15-13-39-29)23-10-11-26(48-2)28(35)27(23)34)8-9-22(19)31(46)43-21-6-5-14-44(18-21)32(47)24(36)7-4-12-40-33(37)38/h8-11,13,15-17,21,24H,3-7,12,14,18,36H2,1-2H3,(H,39,42)(H,43,46)(H4,37,38,40)/t21?,24-/m1/s1. The van der Waals surface area contributed by atoms with Gasteiger partial charge in [-0.05, 0) is 68.0 Å². The average Bonchev–Trinajstić information content (AvgIpc) is 3.52. The normalized spacial score (nSPS) is 15.2. The monoisotopic (exact) mass is 662 g/mol. The van der Waals surface area contributed by atoms with E-state index in [1.165, 1.54) is 31.6 Å². The summed E-state index contributed by atoms with van der Waals surface area (Å²) in [5.41, 5.74) is 19.6. The number of piperidine rings is 1. The predicted molar refractivity (Wildman–Crippen MR) is 179 cm³/mol. The molecule has 3 heterocycles. The van der Waals surface area contributed by atoms with E-state index in [2.05, 4.69) is 25.6 Å². The van der Waals surface area contributed by atoms with Crippen molar-refractivity contribution < 1.29 is 23.1 Å². The molecule has 1 unspecified atom stereocenters. The number of aryl methyl sites for hydroxylation is 1. The summed E-state index contributed by atoms with van der Waals surface area (Å²) >= 11 is 0. The van der Waals surface area contributed by atoms with E-state index in [1.54, 1.807) is 27.6 Å². The molecule has 0 saturated carbocycles. The summed E-state index contributed by atoms with van der Waals surface area (Å²) in [6, 6.07) is 7.27. The number of nitrogens with two attached hydrogens (primary N) is 3. The number of nitrogens with zero attached hydrogens (tertiary/aromatic N) is 5. The zero-order valence-corrected chi connectivity index (χ0v) is 26.9. The van der Waals surface area contributed by atoms with Crippen LogP contribution in [-0.4, -0.2) is 75.9 Å². The van der Waals surface area contributed by atoms with Crippen molar-refractivity contribution in [2.45, 2.75) is 51.1 Å². The topological polar surface area (TPSA) is 191 Å². The number of ether oxygens (including phenoxy) is 1. The van der Waals surface area contributed by atoms with Gasteiger partial charge in [0.2, 0.25) is 11.7 Å². The average molecular weight is 663 g/mol. The van der Waals surface area contributed by atoms with E-state index in [-0.39, 0.29) is 35.1 Å². The van der Waals surface area contributed by atoms with Crippen LogP contribution in [0.25, 0.3) is 16.9 Å². The Hall–Kier alpha value is -5.31. The number of amides is 2. The lowest BCUT2D eigenvalue weighted by molar-refractivity contribution is -0.134. The smallest absolute Gasteiger partial charge is 0.251 e. The number of benzene rings is 2. The van der Waals surface area contributed by atoms with Crippen molar-refractivity contribution in [3.05, 3.63) is 71.7 Å². The quantitative estimate of drug-likeness (QED) is 0.0862. The minimum absolute atomic E-state index is 0.00359. The van der Waals surface area contributed by atoms with Crippen LogP contribution in [0.3, 0.4) is 0 Å². The van der Waals surface area contributed by atoms with Crippen molar-refractivity contribution in [1.29, 1.82) is 0 Å². The number of fused-ring (bicyclic) bond motifs is 1. The number of hydrogen-bond donors (Lipinski definition) is 5. The molecular formula is C33H40F2N10O3. The van der Waals surface area contributed by atoms with E-state index in [0.29, 0.717) is 67.3 Å². The zero-order chi connectivity index (χ0) is 34.4. The number of hydrogen-bond acceptors (Lipinski definition) is 8. The van der Waals surface area contributed by atoms with E-state index >= 15 is 0 Å². The van der Waals surface area contributed by atoms with E-state index in [0.717, 1.165) is 18.4 Å². The third-order valence-corrected chi connectivity index (χ3v) is 8.32. The Balaban J connectivity index is 1.26. The number of carbonyl (C=O) groups excluding carboxylic acids is 2. The number of anilines is 2. The van der Waals surface area contributed by atoms with E-state index < -0.39 is 17.7 Å². The largest absolute Gasteiger partial charge is 0.494 e. The molecule has 1 fully saturated rings. The number of halogens is 2. The van der Waals surface area contributed by atoms with Crippen LogP contribution in [0.4, 0.5) is 20.3 Å². The first-order valence-electron chi connectivity index (χ1n) is 15.8. The number of carbonyl (C=O) groups is 2. The van der Waals surface area contributed by atoms with Crippen LogP contribution in [0.5, 0.6) is 5.75 Å². The van der Waals surface area contributed by atoms with Gasteiger partial charge in [-0.3, -0.25) is 19.0 Å². The van der Waals surface area contributed by atoms with Gasteiger partial charge in [-0.15, -0.1) is 0 Å². The van der Waals surface area contributed by atoms with Crippen LogP contribution in [0, 0.1) is 11.6 Å². The number of imidazole rings is 1. The summed E-state index contributed by atoms with van der Waals surface area (Å²) in [5, 5.41) is 6.34. The summed E-state index contributed by atoms with van der Waals surface area (Å²) in [6.45, 7) is 3.31. The number of rotatable bonds is 12. The molecule has 4 aromatic rings. The fraction of sp³-hybridized carbons (Fsp3) is 0.364. The zero-order valence-electron chi connectivity index (χ0n) is 26.9. The van der Waals surface area contributed by atoms with E-state index in [4.69, 9.17) is 21.9 Å². The van der Waals surface area contributed by atoms with Crippen LogP contribution < -0.4 is 32.6 Å². The molecule has 1 aliphatic rings. The maximum atomic E-state index is 14.9. The number of guanidine groups is 1. The molecule has 1 aliphatic heterocycles. The first-order valence-corrected chi connectivity index (χ1v) is 15.8. The van der Waals surface area contributed by atoms with Crippen molar-refractivity contribution in [3.63, 3.8) is 0 Å². The van der Waals surface area contributed by atoms with Crippen molar-refractivity contribution in [2.75, 3.05) is 32.1 Å². The van der Waals surface area contributed by atoms with Gasteiger partial charge in [0.25, 0.3) is 5.91 Å². The van der Waals surface area contributed by atoms with Gasteiger partial charge in [-0.1, -0.05) is 6.92 Å². The van der Waals surface area contributed by atoms with Crippen LogP contribution in [0.2, 0.25) is 0 Å². The third-order valence-electron chi connectivity index (χ3n) is 8.32. The van der Waals surface area contributed by atoms with Gasteiger partial charge in [0.1, 0.15) is 0 Å². The minimum Gasteiger partial charge on any atom is -0.494 e. The van der Waals surface area contributed by atoms with Crippen LogP contribution >= 0.6 is 0 Å². The maximum absolute atomic E-state index is 14.9. The predicted octanol–water partition coefficient (Wildman–Crippen LogP) is 3.09. The van der Waals surface area contributed by atoms with E-state index in [9.17, 15) is 18.4 Å². The van der Waals surface area contributed by atoms with Gasteiger partial charge in [0.05, 0.1) is 25.0 Å². The Labute approximate surface area is 276 Å². The number of likely N-dealkylation sites (tertiary alicyclic amines) is 1. The van der Waals surface area contributed by atoms with Crippen molar-refractivity contribution in [1.82, 2.24) is 24.6 Å². The highest BCUT2D eigenvalue weighted by Crippen LogP contribution is 2.32. The number of nitrogens with one attached hydrogen (secondary N) is 2. The SMILES string of the molecule is CCc1cc(Nc2nccn3c(-c4ccc(OC)c(F)c4F)cnc23)ccc1C(=O)NC1CCCN(C(=O)[C@H](N)CCCN=C(N)N)C1. The molecular weight excluding hydrogens is 622 g/mol. The third kappa shape index (κ3) is 7.46.